The molecule has 5 nitrogen and oxygen atoms in total. The van der Waals surface area contributed by atoms with Gasteiger partial charge in [-0.2, -0.15) is 0 Å². The summed E-state index contributed by atoms with van der Waals surface area (Å²) in [5.74, 6) is 0.781. The van der Waals surface area contributed by atoms with E-state index in [4.69, 9.17) is 5.73 Å². The monoisotopic (exact) mass is 243 g/mol. The third-order valence-corrected chi connectivity index (χ3v) is 3.40. The van der Waals surface area contributed by atoms with Crippen molar-refractivity contribution >= 4 is 5.69 Å². The summed E-state index contributed by atoms with van der Waals surface area (Å²) in [6.07, 6.45) is 4.29. The van der Waals surface area contributed by atoms with Crippen molar-refractivity contribution in [2.75, 3.05) is 18.0 Å². The molecule has 0 amide bonds. The molecule has 0 atom stereocenters. The van der Waals surface area contributed by atoms with Crippen molar-refractivity contribution in [3.63, 3.8) is 0 Å². The van der Waals surface area contributed by atoms with Crippen LogP contribution in [0.5, 0.6) is 0 Å². The highest BCUT2D eigenvalue weighted by Crippen LogP contribution is 2.21. The largest absolute Gasteiger partial charge is 0.372 e. The van der Waals surface area contributed by atoms with E-state index in [9.17, 15) is 0 Å². The highest BCUT2D eigenvalue weighted by molar-refractivity contribution is 5.51. The van der Waals surface area contributed by atoms with Crippen LogP contribution in [0.1, 0.15) is 18.7 Å². The van der Waals surface area contributed by atoms with Gasteiger partial charge in [0.25, 0.3) is 0 Å². The predicted octanol–water partition coefficient (Wildman–Crippen LogP) is 1.33. The second-order valence-corrected chi connectivity index (χ2v) is 4.53. The number of benzene rings is 1. The molecule has 0 saturated carbocycles. The second-order valence-electron chi connectivity index (χ2n) is 4.53. The highest BCUT2D eigenvalue weighted by atomic mass is 15.3. The van der Waals surface area contributed by atoms with E-state index in [1.807, 2.05) is 4.57 Å². The first kappa shape index (κ1) is 11.2. The van der Waals surface area contributed by atoms with Gasteiger partial charge in [0.1, 0.15) is 6.33 Å². The van der Waals surface area contributed by atoms with Crippen LogP contribution in [0, 0.1) is 0 Å². The van der Waals surface area contributed by atoms with Gasteiger partial charge in [-0.25, -0.2) is 0 Å². The number of aromatic nitrogens is 3. The Morgan fingerprint density at radius 3 is 2.39 bits per heavy atom. The molecule has 0 unspecified atom stereocenters. The molecule has 94 valence electrons. The van der Waals surface area contributed by atoms with Gasteiger partial charge in [-0.15, -0.1) is 10.2 Å². The molecule has 3 rings (SSSR count). The van der Waals surface area contributed by atoms with Crippen molar-refractivity contribution in [3.8, 4) is 5.69 Å². The van der Waals surface area contributed by atoms with Gasteiger partial charge >= 0.3 is 0 Å². The molecule has 0 aliphatic carbocycles. The Labute approximate surface area is 106 Å². The fraction of sp³-hybridized carbons (Fsp3) is 0.385. The summed E-state index contributed by atoms with van der Waals surface area (Å²) in [7, 11) is 0. The molecule has 5 heteroatoms. The highest BCUT2D eigenvalue weighted by Gasteiger charge is 2.12. The molecule has 18 heavy (non-hydrogen) atoms. The summed E-state index contributed by atoms with van der Waals surface area (Å²) in [4.78, 5) is 2.42. The maximum atomic E-state index is 5.63. The number of nitrogens with two attached hydrogens (primary N) is 1. The average Bonchev–Trinajstić information content (AvgIpc) is 3.10. The first-order chi connectivity index (χ1) is 8.88. The molecule has 0 radical (unpaired) electrons. The Morgan fingerprint density at radius 1 is 1.06 bits per heavy atom. The number of rotatable bonds is 3. The predicted molar refractivity (Wildman–Crippen MR) is 70.7 cm³/mol. The zero-order valence-corrected chi connectivity index (χ0v) is 10.3. The number of nitrogens with zero attached hydrogens (tertiary/aromatic N) is 4. The SMILES string of the molecule is NCc1nncn1-c1ccc(N2CCCC2)cc1. The Bertz CT molecular complexity index is 510. The molecule has 1 fully saturated rings. The lowest BCUT2D eigenvalue weighted by molar-refractivity contribution is 0.859. The van der Waals surface area contributed by atoms with Crippen molar-refractivity contribution in [1.29, 1.82) is 0 Å². The van der Waals surface area contributed by atoms with E-state index in [1.54, 1.807) is 6.33 Å². The molecule has 0 bridgehead atoms. The van der Waals surface area contributed by atoms with E-state index in [1.165, 1.54) is 31.6 Å². The van der Waals surface area contributed by atoms with Crippen molar-refractivity contribution in [2.45, 2.75) is 19.4 Å². The standard InChI is InChI=1S/C13H17N5/c14-9-13-16-15-10-18(13)12-5-3-11(4-6-12)17-7-1-2-8-17/h3-6,10H,1-2,7-9,14H2. The third kappa shape index (κ3) is 1.97. The molecule has 2 aromatic rings. The van der Waals surface area contributed by atoms with Crippen molar-refractivity contribution in [3.05, 3.63) is 36.4 Å². The molecule has 0 spiro atoms. The van der Waals surface area contributed by atoms with Crippen LogP contribution < -0.4 is 10.6 Å². The van der Waals surface area contributed by atoms with Crippen LogP contribution in [0.3, 0.4) is 0 Å². The molecule has 1 aliphatic heterocycles. The van der Waals surface area contributed by atoms with Crippen molar-refractivity contribution in [2.24, 2.45) is 5.73 Å². The van der Waals surface area contributed by atoms with Gasteiger partial charge in [0, 0.05) is 24.5 Å². The van der Waals surface area contributed by atoms with E-state index < -0.39 is 0 Å². The van der Waals surface area contributed by atoms with E-state index in [-0.39, 0.29) is 0 Å². The van der Waals surface area contributed by atoms with Gasteiger partial charge in [0.2, 0.25) is 0 Å². The zero-order valence-electron chi connectivity index (χ0n) is 10.3. The molecule has 1 aromatic heterocycles. The van der Waals surface area contributed by atoms with Gasteiger partial charge in [-0.05, 0) is 37.1 Å². The third-order valence-electron chi connectivity index (χ3n) is 3.40. The summed E-state index contributed by atoms with van der Waals surface area (Å²) >= 11 is 0. The van der Waals surface area contributed by atoms with Crippen LogP contribution >= 0.6 is 0 Å². The molecule has 1 aromatic carbocycles. The first-order valence-electron chi connectivity index (χ1n) is 6.33. The lowest BCUT2D eigenvalue weighted by Gasteiger charge is -2.17. The number of anilines is 1. The summed E-state index contributed by atoms with van der Waals surface area (Å²) in [5, 5.41) is 7.88. The Morgan fingerprint density at radius 2 is 1.72 bits per heavy atom. The smallest absolute Gasteiger partial charge is 0.151 e. The van der Waals surface area contributed by atoms with Crippen LogP contribution in [0.15, 0.2) is 30.6 Å². The molecule has 2 heterocycles. The topological polar surface area (TPSA) is 60.0 Å². The van der Waals surface area contributed by atoms with Gasteiger partial charge in [-0.3, -0.25) is 4.57 Å². The van der Waals surface area contributed by atoms with Gasteiger partial charge < -0.3 is 10.6 Å². The van der Waals surface area contributed by atoms with E-state index in [0.717, 1.165) is 11.5 Å². The second kappa shape index (κ2) is 4.78. The Balaban J connectivity index is 1.86. The minimum absolute atomic E-state index is 0.397. The first-order valence-corrected chi connectivity index (χ1v) is 6.33. The van der Waals surface area contributed by atoms with Crippen LogP contribution in [0.25, 0.3) is 5.69 Å². The summed E-state index contributed by atoms with van der Waals surface area (Å²) in [5.41, 5.74) is 7.98. The van der Waals surface area contributed by atoms with Gasteiger partial charge in [0.15, 0.2) is 5.82 Å². The van der Waals surface area contributed by atoms with Crippen molar-refractivity contribution < 1.29 is 0 Å². The summed E-state index contributed by atoms with van der Waals surface area (Å²) < 4.78 is 1.92. The lowest BCUT2D eigenvalue weighted by Crippen LogP contribution is -2.17. The van der Waals surface area contributed by atoms with Gasteiger partial charge in [-0.1, -0.05) is 0 Å². The number of hydrogen-bond donors (Lipinski definition) is 1. The fourth-order valence-corrected chi connectivity index (χ4v) is 2.41. The summed E-state index contributed by atoms with van der Waals surface area (Å²) in [6, 6.07) is 8.49. The molecular weight excluding hydrogens is 226 g/mol. The van der Waals surface area contributed by atoms with Crippen LogP contribution in [0.4, 0.5) is 5.69 Å². The normalized spacial score (nSPS) is 15.3. The van der Waals surface area contributed by atoms with E-state index in [0.29, 0.717) is 6.54 Å². The molecule has 1 aliphatic rings. The van der Waals surface area contributed by atoms with Crippen molar-refractivity contribution in [1.82, 2.24) is 14.8 Å². The Kier molecular flexibility index (Phi) is 2.98. The van der Waals surface area contributed by atoms with Gasteiger partial charge in [0.05, 0.1) is 6.54 Å². The summed E-state index contributed by atoms with van der Waals surface area (Å²) in [6.45, 7) is 2.73. The fourth-order valence-electron chi connectivity index (χ4n) is 2.41. The Hall–Kier alpha value is -1.88. The zero-order chi connectivity index (χ0) is 12.4. The lowest BCUT2D eigenvalue weighted by atomic mass is 10.2. The number of hydrogen-bond acceptors (Lipinski definition) is 4. The van der Waals surface area contributed by atoms with Crippen LogP contribution in [-0.4, -0.2) is 27.9 Å². The maximum absolute atomic E-state index is 5.63. The molecular formula is C13H17N5. The minimum atomic E-state index is 0.397. The molecule has 1 saturated heterocycles. The van der Waals surface area contributed by atoms with Crippen LogP contribution in [0.2, 0.25) is 0 Å². The quantitative estimate of drug-likeness (QED) is 0.883. The molecule has 2 N–H and O–H groups in total. The minimum Gasteiger partial charge on any atom is -0.372 e. The van der Waals surface area contributed by atoms with E-state index >= 15 is 0 Å². The average molecular weight is 243 g/mol. The van der Waals surface area contributed by atoms with E-state index in [2.05, 4.69) is 39.4 Å². The van der Waals surface area contributed by atoms with Crippen LogP contribution in [-0.2, 0) is 6.54 Å². The maximum Gasteiger partial charge on any atom is 0.151 e.